The van der Waals surface area contributed by atoms with Crippen molar-refractivity contribution in [2.24, 2.45) is 5.92 Å². The third kappa shape index (κ3) is 12.0. The Balaban J connectivity index is 1.11. The fourth-order valence-electron chi connectivity index (χ4n) is 13.2. The Labute approximate surface area is 491 Å². The van der Waals surface area contributed by atoms with Gasteiger partial charge in [0.25, 0.3) is 0 Å². The number of aromatic carboxylic acids is 1. The molecule has 6 nitrogen and oxygen atoms in total. The largest absolute Gasteiger partial charge is 0.478 e. The lowest BCUT2D eigenvalue weighted by molar-refractivity contribution is 0.0697. The molecule has 11 rings (SSSR count). The van der Waals surface area contributed by atoms with E-state index in [1.807, 2.05) is 12.1 Å². The Kier molecular flexibility index (Phi) is 18.5. The SMILES string of the molecule is CCCCCCCCC(CCCCCC)Cn1c2cc(C#Cc3ccc(-c4ccc(C(=O)O)cc4)c4nsnc34)c3cccc4c5cccc6c(N(c7ccc(CCCCCC)cc7)c7ccc(CCCCCC)cc7)cc1c(c65)c2c34. The van der Waals surface area contributed by atoms with Gasteiger partial charge in [0.15, 0.2) is 0 Å². The molecule has 0 aliphatic rings. The molecule has 0 saturated heterocycles. The molecule has 0 saturated carbocycles. The van der Waals surface area contributed by atoms with Crippen LogP contribution in [0.2, 0.25) is 0 Å². The fourth-order valence-corrected chi connectivity index (χ4v) is 13.8. The highest BCUT2D eigenvalue weighted by atomic mass is 32.1. The van der Waals surface area contributed by atoms with Crippen LogP contribution in [0.25, 0.3) is 76.3 Å². The Hall–Kier alpha value is -7.27. The summed E-state index contributed by atoms with van der Waals surface area (Å²) in [6, 6.07) is 49.1. The number of hydrogen-bond donors (Lipinski definition) is 1. The van der Waals surface area contributed by atoms with Gasteiger partial charge in [0.2, 0.25) is 0 Å². The third-order valence-corrected chi connectivity index (χ3v) is 18.2. The van der Waals surface area contributed by atoms with Crippen LogP contribution in [0.5, 0.6) is 0 Å². The Morgan fingerprint density at radius 3 is 1.61 bits per heavy atom. The minimum Gasteiger partial charge on any atom is -0.478 e. The molecule has 82 heavy (non-hydrogen) atoms. The van der Waals surface area contributed by atoms with Gasteiger partial charge in [-0.2, -0.15) is 8.75 Å². The number of fused-ring (bicyclic) bond motifs is 2. The molecule has 2 heterocycles. The van der Waals surface area contributed by atoms with E-state index in [1.165, 1.54) is 222 Å². The third-order valence-electron chi connectivity index (χ3n) is 17.7. The number of anilines is 3. The zero-order chi connectivity index (χ0) is 56.4. The van der Waals surface area contributed by atoms with Crippen LogP contribution in [0.1, 0.15) is 189 Å². The van der Waals surface area contributed by atoms with Crippen molar-refractivity contribution >= 4 is 99.9 Å². The molecule has 2 aromatic heterocycles. The quantitative estimate of drug-likeness (QED) is 0.0219. The zero-order valence-electron chi connectivity index (χ0n) is 49.1. The monoisotopic (exact) mass is 1100 g/mol. The zero-order valence-corrected chi connectivity index (χ0v) is 49.9. The minimum atomic E-state index is -0.944. The molecule has 1 atom stereocenters. The van der Waals surface area contributed by atoms with Crippen LogP contribution in [-0.4, -0.2) is 24.4 Å². The average molecular weight is 1100 g/mol. The van der Waals surface area contributed by atoms with Gasteiger partial charge in [-0.1, -0.05) is 221 Å². The summed E-state index contributed by atoms with van der Waals surface area (Å²) in [5.74, 6) is 7.02. The van der Waals surface area contributed by atoms with Gasteiger partial charge in [-0.25, -0.2) is 4.79 Å². The summed E-state index contributed by atoms with van der Waals surface area (Å²) in [6.07, 6.45) is 27.6. The standard InChI is InChI=1S/C75H82N4O2S/c1-5-9-13-17-18-22-28-54(27-21-16-12-8-4)51-78-67-49-58(42-39-56-43-48-62(74-73(56)76-82-77-74)55-37-40-57(41-38-55)75(80)81)61-29-23-30-63-64-31-24-32-65-66(50-68(78)72(70(64)65)71(67)69(61)63)79(59-44-33-52(34-45-59)25-19-14-10-6-2)60-46-35-53(36-47-60)26-20-15-11-7-3/h23-24,29-38,40-41,43-50,54H,5-22,25-28,51H2,1-4H3,(H,80,81). The number of hydrogen-bond acceptors (Lipinski definition) is 5. The average Bonchev–Trinajstić information content (AvgIpc) is 1.58. The number of carboxylic acid groups (broad SMARTS) is 1. The second-order valence-corrected chi connectivity index (χ2v) is 24.0. The van der Waals surface area contributed by atoms with E-state index in [4.69, 9.17) is 8.75 Å². The molecule has 0 bridgehead atoms. The van der Waals surface area contributed by atoms with Gasteiger partial charge in [-0.3, -0.25) is 0 Å². The number of unbranched alkanes of at least 4 members (excludes halogenated alkanes) is 14. The number of carbonyl (C=O) groups is 1. The van der Waals surface area contributed by atoms with E-state index in [0.29, 0.717) is 5.92 Å². The van der Waals surface area contributed by atoms with Gasteiger partial charge in [-0.05, 0) is 132 Å². The molecule has 0 spiro atoms. The van der Waals surface area contributed by atoms with Crippen molar-refractivity contribution in [3.05, 3.63) is 161 Å². The second-order valence-electron chi connectivity index (χ2n) is 23.5. The van der Waals surface area contributed by atoms with Crippen LogP contribution in [0, 0.1) is 17.8 Å². The van der Waals surface area contributed by atoms with Crippen LogP contribution >= 0.6 is 11.7 Å². The number of carboxylic acids is 1. The number of nitrogens with zero attached hydrogens (tertiary/aromatic N) is 4. The Morgan fingerprint density at radius 2 is 1.01 bits per heavy atom. The number of rotatable bonds is 29. The molecule has 0 aliphatic heterocycles. The molecular formula is C75H82N4O2S. The van der Waals surface area contributed by atoms with Gasteiger partial charge in [0, 0.05) is 56.0 Å². The van der Waals surface area contributed by atoms with Crippen molar-refractivity contribution in [2.45, 2.75) is 175 Å². The topological polar surface area (TPSA) is 71.2 Å². The summed E-state index contributed by atoms with van der Waals surface area (Å²) in [5, 5.41) is 19.9. The summed E-state index contributed by atoms with van der Waals surface area (Å²) in [7, 11) is 0. The summed E-state index contributed by atoms with van der Waals surface area (Å²) < 4.78 is 12.3. The van der Waals surface area contributed by atoms with E-state index in [-0.39, 0.29) is 5.56 Å². The first-order valence-electron chi connectivity index (χ1n) is 31.5. The van der Waals surface area contributed by atoms with E-state index in [9.17, 15) is 9.90 Å². The van der Waals surface area contributed by atoms with Gasteiger partial charge < -0.3 is 14.6 Å². The molecule has 7 heteroatoms. The molecule has 9 aromatic carbocycles. The second kappa shape index (κ2) is 26.8. The molecule has 0 aliphatic carbocycles. The van der Waals surface area contributed by atoms with Gasteiger partial charge in [0.05, 0.1) is 39.6 Å². The summed E-state index contributed by atoms with van der Waals surface area (Å²) in [6.45, 7) is 10.2. The first kappa shape index (κ1) is 56.6. The van der Waals surface area contributed by atoms with Gasteiger partial charge >= 0.3 is 5.97 Å². The maximum atomic E-state index is 11.7. The van der Waals surface area contributed by atoms with Gasteiger partial charge in [0.1, 0.15) is 11.0 Å². The van der Waals surface area contributed by atoms with Crippen molar-refractivity contribution in [3.8, 4) is 23.0 Å². The number of aromatic nitrogens is 3. The van der Waals surface area contributed by atoms with E-state index in [2.05, 4.69) is 158 Å². The molecule has 11 aromatic rings. The predicted octanol–water partition coefficient (Wildman–Crippen LogP) is 22.0. The molecule has 0 amide bonds. The Bertz CT molecular complexity index is 3900. The number of aryl methyl sites for hydroxylation is 2. The normalized spacial score (nSPS) is 12.2. The molecule has 0 radical (unpaired) electrons. The minimum absolute atomic E-state index is 0.253. The highest BCUT2D eigenvalue weighted by Crippen LogP contribution is 2.52. The Morgan fingerprint density at radius 1 is 0.512 bits per heavy atom. The maximum Gasteiger partial charge on any atom is 0.335 e. The van der Waals surface area contributed by atoms with E-state index < -0.39 is 5.97 Å². The van der Waals surface area contributed by atoms with Crippen LogP contribution in [0.3, 0.4) is 0 Å². The summed E-state index contributed by atoms with van der Waals surface area (Å²) in [5.41, 5.74) is 14.4. The van der Waals surface area contributed by atoms with Crippen LogP contribution in [0.15, 0.2) is 133 Å². The van der Waals surface area contributed by atoms with E-state index in [0.717, 1.165) is 52.7 Å². The fraction of sp³-hybridized carbons (Fsp3) is 0.373. The maximum absolute atomic E-state index is 11.7. The molecular weight excluding hydrogens is 1020 g/mol. The highest BCUT2D eigenvalue weighted by molar-refractivity contribution is 7.00. The van der Waals surface area contributed by atoms with Crippen molar-refractivity contribution in [2.75, 3.05) is 4.90 Å². The lowest BCUT2D eigenvalue weighted by Gasteiger charge is -2.28. The lowest BCUT2D eigenvalue weighted by Crippen LogP contribution is -2.13. The van der Waals surface area contributed by atoms with Crippen molar-refractivity contribution in [3.63, 3.8) is 0 Å². The van der Waals surface area contributed by atoms with Crippen molar-refractivity contribution in [1.29, 1.82) is 0 Å². The molecule has 1 N–H and O–H groups in total. The van der Waals surface area contributed by atoms with Crippen molar-refractivity contribution < 1.29 is 9.90 Å². The number of benzene rings is 9. The van der Waals surface area contributed by atoms with E-state index >= 15 is 0 Å². The summed E-state index contributed by atoms with van der Waals surface area (Å²) >= 11 is 1.18. The van der Waals surface area contributed by atoms with Crippen molar-refractivity contribution in [1.82, 2.24) is 13.3 Å². The van der Waals surface area contributed by atoms with E-state index in [1.54, 1.807) is 12.1 Å². The van der Waals surface area contributed by atoms with Crippen LogP contribution < -0.4 is 4.90 Å². The first-order valence-corrected chi connectivity index (χ1v) is 32.2. The van der Waals surface area contributed by atoms with Crippen LogP contribution in [0.4, 0.5) is 17.1 Å². The lowest BCUT2D eigenvalue weighted by atomic mass is 9.87. The van der Waals surface area contributed by atoms with Crippen LogP contribution in [-0.2, 0) is 19.4 Å². The smallest absolute Gasteiger partial charge is 0.335 e. The highest BCUT2D eigenvalue weighted by Gasteiger charge is 2.28. The first-order chi connectivity index (χ1) is 40.4. The van der Waals surface area contributed by atoms with Gasteiger partial charge in [-0.15, -0.1) is 0 Å². The molecule has 1 unspecified atom stereocenters. The predicted molar refractivity (Wildman–Crippen MR) is 351 cm³/mol. The molecule has 0 fully saturated rings. The summed E-state index contributed by atoms with van der Waals surface area (Å²) in [4.78, 5) is 14.3. The molecule has 420 valence electrons.